The van der Waals surface area contributed by atoms with Crippen molar-refractivity contribution >= 4 is 10.9 Å². The fourth-order valence-corrected chi connectivity index (χ4v) is 4.16. The summed E-state index contributed by atoms with van der Waals surface area (Å²) in [6.07, 6.45) is 1.90. The number of hydrogen-bond acceptors (Lipinski definition) is 1. The maximum Gasteiger partial charge on any atom is 0.0743 e. The lowest BCUT2D eigenvalue weighted by Crippen LogP contribution is -2.08. The third kappa shape index (κ3) is 3.26. The van der Waals surface area contributed by atoms with Crippen LogP contribution in [0.4, 0.5) is 0 Å². The number of pyridine rings is 1. The van der Waals surface area contributed by atoms with Gasteiger partial charge >= 0.3 is 0 Å². The topological polar surface area (TPSA) is 12.9 Å². The Morgan fingerprint density at radius 1 is 0.630 bits per heavy atom. The van der Waals surface area contributed by atoms with Crippen LogP contribution < -0.4 is 0 Å². The predicted molar refractivity (Wildman–Crippen MR) is 115 cm³/mol. The highest BCUT2D eigenvalue weighted by atomic mass is 14.7. The number of aromatic nitrogens is 1. The Morgan fingerprint density at radius 2 is 1.22 bits per heavy atom. The third-order valence-corrected chi connectivity index (χ3v) is 5.45. The molecule has 0 amide bonds. The van der Waals surface area contributed by atoms with Crippen molar-refractivity contribution in [3.63, 3.8) is 0 Å². The number of hydrogen-bond donors (Lipinski definition) is 0. The maximum atomic E-state index is 4.75. The van der Waals surface area contributed by atoms with Crippen molar-refractivity contribution in [2.45, 2.75) is 33.6 Å². The van der Waals surface area contributed by atoms with Crippen LogP contribution in [0, 0.1) is 27.7 Å². The first-order valence-electron chi connectivity index (χ1n) is 9.52. The van der Waals surface area contributed by atoms with Crippen LogP contribution in [-0.4, -0.2) is 4.98 Å². The summed E-state index contributed by atoms with van der Waals surface area (Å²) in [5.41, 5.74) is 10.3. The van der Waals surface area contributed by atoms with Gasteiger partial charge in [-0.3, -0.25) is 4.98 Å². The van der Waals surface area contributed by atoms with Crippen molar-refractivity contribution in [2.24, 2.45) is 0 Å². The SMILES string of the molecule is Cc1ccc(C(c2ccc(C)cc2C)c2cccc3cccnc23)c(C)c1. The van der Waals surface area contributed by atoms with Crippen LogP contribution in [0.2, 0.25) is 0 Å². The standard InChI is InChI=1S/C26H25N/c1-17-10-12-22(19(3)15-17)25(23-13-11-18(2)16-20(23)4)24-9-5-7-21-8-6-14-27-26(21)24/h5-16,25H,1-4H3. The second-order valence-corrected chi connectivity index (χ2v) is 7.58. The highest BCUT2D eigenvalue weighted by molar-refractivity contribution is 5.83. The first-order valence-corrected chi connectivity index (χ1v) is 9.52. The number of aryl methyl sites for hydroxylation is 4. The summed E-state index contributed by atoms with van der Waals surface area (Å²) in [7, 11) is 0. The normalized spacial score (nSPS) is 11.3. The molecule has 3 aromatic carbocycles. The molecule has 0 atom stereocenters. The van der Waals surface area contributed by atoms with E-state index in [-0.39, 0.29) is 5.92 Å². The smallest absolute Gasteiger partial charge is 0.0743 e. The van der Waals surface area contributed by atoms with E-state index >= 15 is 0 Å². The average molecular weight is 351 g/mol. The Kier molecular flexibility index (Phi) is 4.53. The van der Waals surface area contributed by atoms with Gasteiger partial charge in [-0.05, 0) is 61.6 Å². The molecule has 0 spiro atoms. The Bertz CT molecular complexity index is 1070. The summed E-state index contributed by atoms with van der Waals surface area (Å²) < 4.78 is 0. The zero-order valence-electron chi connectivity index (χ0n) is 16.5. The Balaban J connectivity index is 2.04. The molecule has 0 aliphatic rings. The lowest BCUT2D eigenvalue weighted by molar-refractivity contribution is 0.951. The molecular formula is C26H25N. The molecule has 134 valence electrons. The summed E-state index contributed by atoms with van der Waals surface area (Å²) in [5.74, 6) is 0.171. The first-order chi connectivity index (χ1) is 13.0. The molecule has 1 aromatic heterocycles. The monoisotopic (exact) mass is 351 g/mol. The van der Waals surface area contributed by atoms with Crippen LogP contribution in [0.15, 0.2) is 72.9 Å². The number of benzene rings is 3. The van der Waals surface area contributed by atoms with E-state index < -0.39 is 0 Å². The number of fused-ring (bicyclic) bond motifs is 1. The van der Waals surface area contributed by atoms with Gasteiger partial charge in [-0.25, -0.2) is 0 Å². The first kappa shape index (κ1) is 17.5. The Morgan fingerprint density at radius 3 is 1.81 bits per heavy atom. The van der Waals surface area contributed by atoms with Crippen LogP contribution in [-0.2, 0) is 0 Å². The van der Waals surface area contributed by atoms with Crippen LogP contribution in [0.25, 0.3) is 10.9 Å². The van der Waals surface area contributed by atoms with Crippen molar-refractivity contribution in [3.05, 3.63) is 112 Å². The molecule has 4 aromatic rings. The second kappa shape index (κ2) is 7.00. The molecule has 0 aliphatic carbocycles. The van der Waals surface area contributed by atoms with Gasteiger partial charge in [0.1, 0.15) is 0 Å². The second-order valence-electron chi connectivity index (χ2n) is 7.58. The van der Waals surface area contributed by atoms with E-state index in [2.05, 4.69) is 88.4 Å². The van der Waals surface area contributed by atoms with Crippen LogP contribution in [0.3, 0.4) is 0 Å². The molecule has 0 N–H and O–H groups in total. The summed E-state index contributed by atoms with van der Waals surface area (Å²) in [4.78, 5) is 4.75. The van der Waals surface area contributed by atoms with Gasteiger partial charge in [0.05, 0.1) is 5.52 Å². The Hall–Kier alpha value is -2.93. The Labute approximate surface area is 161 Å². The van der Waals surface area contributed by atoms with Crippen molar-refractivity contribution in [3.8, 4) is 0 Å². The molecule has 0 radical (unpaired) electrons. The zero-order valence-corrected chi connectivity index (χ0v) is 16.5. The van der Waals surface area contributed by atoms with Crippen molar-refractivity contribution < 1.29 is 0 Å². The van der Waals surface area contributed by atoms with Gasteiger partial charge in [0.15, 0.2) is 0 Å². The van der Waals surface area contributed by atoms with E-state index in [9.17, 15) is 0 Å². The minimum Gasteiger partial charge on any atom is -0.256 e. The van der Waals surface area contributed by atoms with Crippen molar-refractivity contribution in [1.82, 2.24) is 4.98 Å². The van der Waals surface area contributed by atoms with E-state index in [1.54, 1.807) is 0 Å². The molecule has 4 rings (SSSR count). The molecule has 1 nitrogen and oxygen atoms in total. The number of para-hydroxylation sites is 1. The quantitative estimate of drug-likeness (QED) is 0.377. The minimum atomic E-state index is 0.171. The highest BCUT2D eigenvalue weighted by Gasteiger charge is 2.22. The lowest BCUT2D eigenvalue weighted by Gasteiger charge is -2.24. The summed E-state index contributed by atoms with van der Waals surface area (Å²) in [6, 6.07) is 24.3. The van der Waals surface area contributed by atoms with E-state index in [1.807, 2.05) is 12.3 Å². The number of rotatable bonds is 3. The molecule has 0 aliphatic heterocycles. The van der Waals surface area contributed by atoms with Gasteiger partial charge in [0.25, 0.3) is 0 Å². The van der Waals surface area contributed by atoms with Gasteiger partial charge in [-0.15, -0.1) is 0 Å². The molecule has 1 heterocycles. The highest BCUT2D eigenvalue weighted by Crippen LogP contribution is 2.38. The number of nitrogens with zero attached hydrogens (tertiary/aromatic N) is 1. The van der Waals surface area contributed by atoms with Crippen LogP contribution in [0.5, 0.6) is 0 Å². The van der Waals surface area contributed by atoms with E-state index in [4.69, 9.17) is 4.98 Å². The average Bonchev–Trinajstić information content (AvgIpc) is 2.65. The summed E-state index contributed by atoms with van der Waals surface area (Å²) >= 11 is 0. The molecule has 0 unspecified atom stereocenters. The van der Waals surface area contributed by atoms with E-state index in [0.717, 1.165) is 5.52 Å². The van der Waals surface area contributed by atoms with Crippen molar-refractivity contribution in [1.29, 1.82) is 0 Å². The van der Waals surface area contributed by atoms with E-state index in [1.165, 1.54) is 44.3 Å². The van der Waals surface area contributed by atoms with Gasteiger partial charge in [-0.1, -0.05) is 71.8 Å². The minimum absolute atomic E-state index is 0.171. The molecule has 0 saturated heterocycles. The van der Waals surface area contributed by atoms with Crippen LogP contribution >= 0.6 is 0 Å². The fraction of sp³-hybridized carbons (Fsp3) is 0.192. The lowest BCUT2D eigenvalue weighted by atomic mass is 9.80. The molecular weight excluding hydrogens is 326 g/mol. The fourth-order valence-electron chi connectivity index (χ4n) is 4.16. The molecule has 0 fully saturated rings. The molecule has 0 bridgehead atoms. The molecule has 27 heavy (non-hydrogen) atoms. The third-order valence-electron chi connectivity index (χ3n) is 5.45. The summed E-state index contributed by atoms with van der Waals surface area (Å²) in [5, 5.41) is 1.19. The zero-order chi connectivity index (χ0) is 19.0. The van der Waals surface area contributed by atoms with Gasteiger partial charge in [-0.2, -0.15) is 0 Å². The van der Waals surface area contributed by atoms with Gasteiger partial charge in [0, 0.05) is 17.5 Å². The van der Waals surface area contributed by atoms with Gasteiger partial charge in [0.2, 0.25) is 0 Å². The molecule has 0 saturated carbocycles. The molecule has 1 heteroatoms. The maximum absolute atomic E-state index is 4.75. The largest absolute Gasteiger partial charge is 0.256 e. The van der Waals surface area contributed by atoms with Crippen LogP contribution in [0.1, 0.15) is 44.9 Å². The van der Waals surface area contributed by atoms with Crippen molar-refractivity contribution in [2.75, 3.05) is 0 Å². The predicted octanol–water partition coefficient (Wildman–Crippen LogP) is 6.65. The summed E-state index contributed by atoms with van der Waals surface area (Å²) in [6.45, 7) is 8.75. The van der Waals surface area contributed by atoms with Gasteiger partial charge < -0.3 is 0 Å². The van der Waals surface area contributed by atoms with E-state index in [0.29, 0.717) is 0 Å².